The largest absolute Gasteiger partial charge is 0.623 e. The molecule has 0 aromatic rings. The third-order valence-corrected chi connectivity index (χ3v) is 2.66. The highest BCUT2D eigenvalue weighted by atomic mass is 16.5. The molecule has 1 aliphatic rings. The molecular weight excluding hydrogens is 140 g/mol. The lowest BCUT2D eigenvalue weighted by molar-refractivity contribution is -0.553. The average Bonchev–Trinajstić information content (AvgIpc) is 1.94. The Labute approximate surface area is 67.9 Å². The summed E-state index contributed by atoms with van der Waals surface area (Å²) in [7, 11) is 1.97. The van der Waals surface area contributed by atoms with Crippen LogP contribution in [0.25, 0.3) is 0 Å². The van der Waals surface area contributed by atoms with Crippen molar-refractivity contribution in [1.29, 1.82) is 0 Å². The van der Waals surface area contributed by atoms with E-state index in [1.807, 2.05) is 34.7 Å². The molecule has 0 spiro atoms. The first kappa shape index (κ1) is 8.53. The molecule has 0 unspecified atom stereocenters. The maximum atomic E-state index is 11.3. The van der Waals surface area contributed by atoms with Gasteiger partial charge in [0.2, 0.25) is 5.66 Å². The standard InChI is InChI=1S/C8H16N2O/c1-7(2)6-10(11)8(3,4)9(7)5/h6H,1-5H3. The predicted molar refractivity (Wildman–Crippen MR) is 45.6 cm³/mol. The average molecular weight is 156 g/mol. The Bertz CT molecular complexity index is 206. The first-order valence-electron chi connectivity index (χ1n) is 3.85. The number of rotatable bonds is 0. The summed E-state index contributed by atoms with van der Waals surface area (Å²) in [5.41, 5.74) is -0.519. The number of hydroxylamine groups is 1. The molecule has 0 bridgehead atoms. The minimum Gasteiger partial charge on any atom is -0.623 e. The first-order valence-corrected chi connectivity index (χ1v) is 3.85. The Morgan fingerprint density at radius 1 is 1.27 bits per heavy atom. The highest BCUT2D eigenvalue weighted by Gasteiger charge is 2.47. The van der Waals surface area contributed by atoms with E-state index in [9.17, 15) is 5.21 Å². The molecule has 64 valence electrons. The molecule has 1 heterocycles. The third kappa shape index (κ3) is 1.03. The van der Waals surface area contributed by atoms with E-state index in [-0.39, 0.29) is 5.54 Å². The second-order valence-electron chi connectivity index (χ2n) is 4.16. The summed E-state index contributed by atoms with van der Waals surface area (Å²) in [5.74, 6) is 0. The van der Waals surface area contributed by atoms with Gasteiger partial charge in [0, 0.05) is 13.8 Å². The number of hydrogen-bond donors (Lipinski definition) is 0. The van der Waals surface area contributed by atoms with Gasteiger partial charge in [-0.25, -0.2) is 4.90 Å². The molecule has 1 rings (SSSR count). The van der Waals surface area contributed by atoms with E-state index in [0.29, 0.717) is 0 Å². The number of nitrogens with zero attached hydrogens (tertiary/aromatic N) is 2. The Kier molecular flexibility index (Phi) is 1.53. The summed E-state index contributed by atoms with van der Waals surface area (Å²) in [5, 5.41) is 11.3. The van der Waals surface area contributed by atoms with Crippen molar-refractivity contribution < 1.29 is 4.74 Å². The van der Waals surface area contributed by atoms with Crippen LogP contribution in [-0.4, -0.2) is 34.1 Å². The van der Waals surface area contributed by atoms with Gasteiger partial charge >= 0.3 is 0 Å². The van der Waals surface area contributed by atoms with E-state index >= 15 is 0 Å². The van der Waals surface area contributed by atoms with Crippen molar-refractivity contribution in [2.24, 2.45) is 0 Å². The maximum absolute atomic E-state index is 11.3. The van der Waals surface area contributed by atoms with Crippen LogP contribution in [0.5, 0.6) is 0 Å². The van der Waals surface area contributed by atoms with Crippen LogP contribution in [0.4, 0.5) is 0 Å². The monoisotopic (exact) mass is 156 g/mol. The zero-order valence-corrected chi connectivity index (χ0v) is 7.88. The normalized spacial score (nSPS) is 28.6. The molecule has 0 atom stereocenters. The van der Waals surface area contributed by atoms with Gasteiger partial charge in [0.25, 0.3) is 0 Å². The fourth-order valence-electron chi connectivity index (χ4n) is 1.38. The van der Waals surface area contributed by atoms with Crippen LogP contribution in [0.1, 0.15) is 27.7 Å². The van der Waals surface area contributed by atoms with E-state index < -0.39 is 5.66 Å². The molecule has 0 saturated heterocycles. The molecule has 1 aliphatic heterocycles. The highest BCUT2D eigenvalue weighted by Crippen LogP contribution is 2.27. The molecule has 0 aromatic carbocycles. The van der Waals surface area contributed by atoms with Gasteiger partial charge in [0.1, 0.15) is 0 Å². The Morgan fingerprint density at radius 3 is 1.82 bits per heavy atom. The first-order chi connectivity index (χ1) is 4.78. The fraction of sp³-hybridized carbons (Fsp3) is 0.875. The van der Waals surface area contributed by atoms with Crippen molar-refractivity contribution in [2.75, 3.05) is 7.05 Å². The molecule has 3 nitrogen and oxygen atoms in total. The van der Waals surface area contributed by atoms with Gasteiger partial charge in [-0.2, -0.15) is 4.74 Å². The summed E-state index contributed by atoms with van der Waals surface area (Å²) >= 11 is 0. The van der Waals surface area contributed by atoms with Crippen LogP contribution in [0.3, 0.4) is 0 Å². The minimum absolute atomic E-state index is 0.120. The van der Waals surface area contributed by atoms with Crippen LogP contribution >= 0.6 is 0 Å². The van der Waals surface area contributed by atoms with Gasteiger partial charge in [-0.05, 0) is 20.9 Å². The molecule has 0 fully saturated rings. The molecule has 0 radical (unpaired) electrons. The lowest BCUT2D eigenvalue weighted by atomic mass is 10.1. The molecule has 3 heteroatoms. The van der Waals surface area contributed by atoms with E-state index in [1.54, 1.807) is 6.21 Å². The van der Waals surface area contributed by atoms with Crippen molar-refractivity contribution in [1.82, 2.24) is 4.90 Å². The van der Waals surface area contributed by atoms with Crippen LogP contribution in [0, 0.1) is 5.21 Å². The van der Waals surface area contributed by atoms with E-state index in [4.69, 9.17) is 0 Å². The zero-order chi connectivity index (χ0) is 8.86. The van der Waals surface area contributed by atoms with E-state index in [1.165, 1.54) is 0 Å². The quantitative estimate of drug-likeness (QED) is 0.387. The summed E-state index contributed by atoms with van der Waals surface area (Å²) in [6, 6.07) is 0. The fourth-order valence-corrected chi connectivity index (χ4v) is 1.38. The summed E-state index contributed by atoms with van der Waals surface area (Å²) in [6.07, 6.45) is 1.72. The van der Waals surface area contributed by atoms with Crippen LogP contribution in [-0.2, 0) is 0 Å². The van der Waals surface area contributed by atoms with Crippen LogP contribution in [0.15, 0.2) is 0 Å². The highest BCUT2D eigenvalue weighted by molar-refractivity contribution is 5.66. The second kappa shape index (κ2) is 1.97. The summed E-state index contributed by atoms with van der Waals surface area (Å²) < 4.78 is 1.02. The van der Waals surface area contributed by atoms with Gasteiger partial charge in [-0.3, -0.25) is 0 Å². The van der Waals surface area contributed by atoms with Crippen molar-refractivity contribution in [3.8, 4) is 0 Å². The maximum Gasteiger partial charge on any atom is 0.223 e. The van der Waals surface area contributed by atoms with Crippen LogP contribution < -0.4 is 0 Å². The van der Waals surface area contributed by atoms with Crippen molar-refractivity contribution in [2.45, 2.75) is 38.9 Å². The Balaban J connectivity index is 3.04. The van der Waals surface area contributed by atoms with Crippen molar-refractivity contribution >= 4 is 6.21 Å². The topological polar surface area (TPSA) is 29.3 Å². The lowest BCUT2D eigenvalue weighted by Crippen LogP contribution is -2.49. The van der Waals surface area contributed by atoms with Gasteiger partial charge in [0.15, 0.2) is 6.21 Å². The Hall–Kier alpha value is -0.570. The molecule has 0 N–H and O–H groups in total. The molecule has 0 saturated carbocycles. The SMILES string of the molecule is CN1C(C)(C)C=[N+]([O-])C1(C)C. The molecule has 0 aliphatic carbocycles. The number of hydrogen-bond acceptors (Lipinski definition) is 2. The van der Waals surface area contributed by atoms with E-state index in [0.717, 1.165) is 4.74 Å². The van der Waals surface area contributed by atoms with Gasteiger partial charge < -0.3 is 5.21 Å². The van der Waals surface area contributed by atoms with E-state index in [2.05, 4.69) is 4.90 Å². The Morgan fingerprint density at radius 2 is 1.73 bits per heavy atom. The van der Waals surface area contributed by atoms with Crippen molar-refractivity contribution in [3.05, 3.63) is 5.21 Å². The minimum atomic E-state index is -0.399. The van der Waals surface area contributed by atoms with Gasteiger partial charge in [-0.15, -0.1) is 0 Å². The molecule has 0 aromatic heterocycles. The molecular formula is C8H16N2O. The summed E-state index contributed by atoms with van der Waals surface area (Å²) in [4.78, 5) is 2.06. The van der Waals surface area contributed by atoms with Gasteiger partial charge in [-0.1, -0.05) is 0 Å². The third-order valence-electron chi connectivity index (χ3n) is 2.66. The van der Waals surface area contributed by atoms with Gasteiger partial charge in [0.05, 0.1) is 5.54 Å². The molecule has 11 heavy (non-hydrogen) atoms. The predicted octanol–water partition coefficient (Wildman–Crippen LogP) is 1.03. The summed E-state index contributed by atoms with van der Waals surface area (Å²) in [6.45, 7) is 7.91. The van der Waals surface area contributed by atoms with Crippen LogP contribution in [0.2, 0.25) is 0 Å². The van der Waals surface area contributed by atoms with Crippen molar-refractivity contribution in [3.63, 3.8) is 0 Å². The second-order valence-corrected chi connectivity index (χ2v) is 4.16. The molecule has 0 amide bonds. The zero-order valence-electron chi connectivity index (χ0n) is 7.88. The smallest absolute Gasteiger partial charge is 0.223 e. The lowest BCUT2D eigenvalue weighted by Gasteiger charge is -2.31.